The van der Waals surface area contributed by atoms with Crippen LogP contribution in [0, 0.1) is 0 Å². The monoisotopic (exact) mass is 232 g/mol. The van der Waals surface area contributed by atoms with Gasteiger partial charge in [-0.2, -0.15) is 0 Å². The number of aromatic amines is 2. The molecule has 0 aliphatic rings. The standard InChI is InChI=1S/C12H12N2O3/c1-8(17-9-5-3-2-4-6-9)10-7-11(15)14-12(16)13-10/h2-8H,1H3,(H2,13,14,15,16). The lowest BCUT2D eigenvalue weighted by atomic mass is 10.2. The molecule has 5 heteroatoms. The second kappa shape index (κ2) is 4.69. The number of ether oxygens (including phenoxy) is 1. The van der Waals surface area contributed by atoms with Gasteiger partial charge in [0.1, 0.15) is 11.9 Å². The van der Waals surface area contributed by atoms with Crippen LogP contribution in [0.15, 0.2) is 46.0 Å². The van der Waals surface area contributed by atoms with E-state index in [1.807, 2.05) is 30.3 Å². The lowest BCUT2D eigenvalue weighted by Gasteiger charge is -2.13. The number of nitrogens with one attached hydrogen (secondary N) is 2. The molecule has 1 aromatic heterocycles. The predicted molar refractivity (Wildman–Crippen MR) is 63.2 cm³/mol. The van der Waals surface area contributed by atoms with Crippen LogP contribution in [0.5, 0.6) is 5.75 Å². The molecule has 5 nitrogen and oxygen atoms in total. The molecule has 2 rings (SSSR count). The molecule has 0 amide bonds. The fourth-order valence-electron chi connectivity index (χ4n) is 1.47. The van der Waals surface area contributed by atoms with Crippen molar-refractivity contribution >= 4 is 0 Å². The van der Waals surface area contributed by atoms with Gasteiger partial charge in [0.05, 0.1) is 5.69 Å². The van der Waals surface area contributed by atoms with Gasteiger partial charge in [-0.05, 0) is 19.1 Å². The summed E-state index contributed by atoms with van der Waals surface area (Å²) in [5.74, 6) is 0.682. The molecule has 0 aliphatic heterocycles. The molecular weight excluding hydrogens is 220 g/mol. The summed E-state index contributed by atoms with van der Waals surface area (Å²) in [5.41, 5.74) is -0.522. The van der Waals surface area contributed by atoms with E-state index in [9.17, 15) is 9.59 Å². The van der Waals surface area contributed by atoms with Crippen molar-refractivity contribution in [2.45, 2.75) is 13.0 Å². The predicted octanol–water partition coefficient (Wildman–Crippen LogP) is 1.20. The Balaban J connectivity index is 2.23. The largest absolute Gasteiger partial charge is 0.485 e. The Kier molecular flexibility index (Phi) is 3.09. The molecule has 1 aromatic carbocycles. The highest BCUT2D eigenvalue weighted by Gasteiger charge is 2.09. The van der Waals surface area contributed by atoms with E-state index in [0.29, 0.717) is 11.4 Å². The van der Waals surface area contributed by atoms with Crippen molar-refractivity contribution in [3.8, 4) is 5.75 Å². The Labute approximate surface area is 97.1 Å². The summed E-state index contributed by atoms with van der Waals surface area (Å²) < 4.78 is 5.59. The summed E-state index contributed by atoms with van der Waals surface area (Å²) in [4.78, 5) is 26.9. The molecule has 0 saturated carbocycles. The summed E-state index contributed by atoms with van der Waals surface area (Å²) in [7, 11) is 0. The molecule has 17 heavy (non-hydrogen) atoms. The minimum Gasteiger partial charge on any atom is -0.485 e. The molecule has 2 aromatic rings. The summed E-state index contributed by atoms with van der Waals surface area (Å²) in [5, 5.41) is 0. The lowest BCUT2D eigenvalue weighted by Crippen LogP contribution is -2.24. The number of hydrogen-bond acceptors (Lipinski definition) is 3. The SMILES string of the molecule is CC(Oc1ccccc1)c1cc(=O)[nH]c(=O)[nH]1. The second-order valence-electron chi connectivity index (χ2n) is 3.62. The normalized spacial score (nSPS) is 12.1. The maximum atomic E-state index is 11.1. The van der Waals surface area contributed by atoms with Crippen LogP contribution in [0.4, 0.5) is 0 Å². The van der Waals surface area contributed by atoms with Crippen LogP contribution in [0.25, 0.3) is 0 Å². The molecule has 0 bridgehead atoms. The molecule has 1 heterocycles. The highest BCUT2D eigenvalue weighted by atomic mass is 16.5. The molecule has 0 fully saturated rings. The quantitative estimate of drug-likeness (QED) is 0.835. The third-order valence-corrected chi connectivity index (χ3v) is 2.28. The summed E-state index contributed by atoms with van der Waals surface area (Å²) >= 11 is 0. The maximum Gasteiger partial charge on any atom is 0.326 e. The van der Waals surface area contributed by atoms with Crippen molar-refractivity contribution in [1.29, 1.82) is 0 Å². The molecule has 0 radical (unpaired) electrons. The van der Waals surface area contributed by atoms with E-state index < -0.39 is 17.4 Å². The van der Waals surface area contributed by atoms with Crippen molar-refractivity contribution < 1.29 is 4.74 Å². The van der Waals surface area contributed by atoms with Gasteiger partial charge in [-0.25, -0.2) is 4.79 Å². The average Bonchev–Trinajstić information content (AvgIpc) is 2.29. The second-order valence-corrected chi connectivity index (χ2v) is 3.62. The van der Waals surface area contributed by atoms with E-state index in [2.05, 4.69) is 9.97 Å². The molecule has 0 saturated heterocycles. The van der Waals surface area contributed by atoms with Gasteiger partial charge in [-0.15, -0.1) is 0 Å². The Morgan fingerprint density at radius 1 is 1.12 bits per heavy atom. The summed E-state index contributed by atoms with van der Waals surface area (Å²) in [6.07, 6.45) is -0.396. The topological polar surface area (TPSA) is 75.0 Å². The van der Waals surface area contributed by atoms with Crippen LogP contribution >= 0.6 is 0 Å². The van der Waals surface area contributed by atoms with Crippen molar-refractivity contribution in [2.24, 2.45) is 0 Å². The fourth-order valence-corrected chi connectivity index (χ4v) is 1.47. The van der Waals surface area contributed by atoms with Crippen LogP contribution in [0.1, 0.15) is 18.7 Å². The van der Waals surface area contributed by atoms with Gasteiger partial charge >= 0.3 is 5.69 Å². The van der Waals surface area contributed by atoms with Gasteiger partial charge < -0.3 is 9.72 Å². The zero-order valence-electron chi connectivity index (χ0n) is 9.27. The summed E-state index contributed by atoms with van der Waals surface area (Å²) in [6, 6.07) is 10.5. The smallest absolute Gasteiger partial charge is 0.326 e. The molecule has 1 unspecified atom stereocenters. The number of benzene rings is 1. The average molecular weight is 232 g/mol. The first-order valence-corrected chi connectivity index (χ1v) is 5.20. The molecular formula is C12H12N2O3. The van der Waals surface area contributed by atoms with E-state index in [1.165, 1.54) is 6.07 Å². The van der Waals surface area contributed by atoms with Crippen LogP contribution in [0.3, 0.4) is 0 Å². The lowest BCUT2D eigenvalue weighted by molar-refractivity contribution is 0.221. The Morgan fingerprint density at radius 2 is 1.82 bits per heavy atom. The Bertz CT molecular complexity index is 573. The number of H-pyrrole nitrogens is 2. The molecule has 0 spiro atoms. The van der Waals surface area contributed by atoms with Gasteiger partial charge in [-0.1, -0.05) is 18.2 Å². The zero-order chi connectivity index (χ0) is 12.3. The van der Waals surface area contributed by atoms with Crippen LogP contribution < -0.4 is 16.0 Å². The Morgan fingerprint density at radius 3 is 2.47 bits per heavy atom. The minimum atomic E-state index is -0.531. The highest BCUT2D eigenvalue weighted by Crippen LogP contribution is 2.18. The van der Waals surface area contributed by atoms with Crippen molar-refractivity contribution in [1.82, 2.24) is 9.97 Å². The number of aromatic nitrogens is 2. The Hall–Kier alpha value is -2.30. The summed E-state index contributed by atoms with van der Waals surface area (Å²) in [6.45, 7) is 1.76. The van der Waals surface area contributed by atoms with E-state index in [0.717, 1.165) is 0 Å². The van der Waals surface area contributed by atoms with Crippen molar-refractivity contribution in [3.05, 3.63) is 62.9 Å². The van der Waals surface area contributed by atoms with Crippen molar-refractivity contribution in [3.63, 3.8) is 0 Å². The van der Waals surface area contributed by atoms with Gasteiger partial charge in [0.2, 0.25) is 0 Å². The third kappa shape index (κ3) is 2.84. The van der Waals surface area contributed by atoms with Gasteiger partial charge in [-0.3, -0.25) is 9.78 Å². The van der Waals surface area contributed by atoms with E-state index in [4.69, 9.17) is 4.74 Å². The first kappa shape index (κ1) is 11.2. The van der Waals surface area contributed by atoms with Crippen LogP contribution in [-0.2, 0) is 0 Å². The zero-order valence-corrected chi connectivity index (χ0v) is 9.27. The van der Waals surface area contributed by atoms with E-state index >= 15 is 0 Å². The van der Waals surface area contributed by atoms with Gasteiger partial charge in [0.15, 0.2) is 0 Å². The first-order valence-electron chi connectivity index (χ1n) is 5.20. The van der Waals surface area contributed by atoms with E-state index in [1.54, 1.807) is 6.92 Å². The maximum absolute atomic E-state index is 11.1. The van der Waals surface area contributed by atoms with Crippen molar-refractivity contribution in [2.75, 3.05) is 0 Å². The molecule has 88 valence electrons. The molecule has 2 N–H and O–H groups in total. The fraction of sp³-hybridized carbons (Fsp3) is 0.167. The molecule has 1 atom stereocenters. The number of para-hydroxylation sites is 1. The van der Waals surface area contributed by atoms with Gasteiger partial charge in [0.25, 0.3) is 5.56 Å². The highest BCUT2D eigenvalue weighted by molar-refractivity contribution is 5.22. The minimum absolute atomic E-state index is 0.396. The molecule has 0 aliphatic carbocycles. The number of rotatable bonds is 3. The van der Waals surface area contributed by atoms with Crippen LogP contribution in [-0.4, -0.2) is 9.97 Å². The van der Waals surface area contributed by atoms with Gasteiger partial charge in [0, 0.05) is 6.07 Å². The van der Waals surface area contributed by atoms with Crippen LogP contribution in [0.2, 0.25) is 0 Å². The van der Waals surface area contributed by atoms with E-state index in [-0.39, 0.29) is 0 Å². The third-order valence-electron chi connectivity index (χ3n) is 2.28. The number of hydrogen-bond donors (Lipinski definition) is 2. The first-order chi connectivity index (χ1) is 8.15.